The van der Waals surface area contributed by atoms with Crippen LogP contribution in [0.2, 0.25) is 5.02 Å². The van der Waals surface area contributed by atoms with Crippen molar-refractivity contribution in [3.05, 3.63) is 64.4 Å². The van der Waals surface area contributed by atoms with E-state index in [0.717, 1.165) is 0 Å². The predicted molar refractivity (Wildman–Crippen MR) is 91.1 cm³/mol. The molecule has 8 heteroatoms. The van der Waals surface area contributed by atoms with E-state index >= 15 is 0 Å². The second-order valence-corrected chi connectivity index (χ2v) is 5.66. The van der Waals surface area contributed by atoms with Crippen molar-refractivity contribution in [2.24, 2.45) is 0 Å². The lowest BCUT2D eigenvalue weighted by Gasteiger charge is -2.07. The van der Waals surface area contributed by atoms with Crippen LogP contribution in [0.15, 0.2) is 48.8 Å². The van der Waals surface area contributed by atoms with Crippen molar-refractivity contribution in [1.29, 1.82) is 0 Å². The summed E-state index contributed by atoms with van der Waals surface area (Å²) in [6.07, 6.45) is 3.72. The summed E-state index contributed by atoms with van der Waals surface area (Å²) >= 11 is 11.4. The van der Waals surface area contributed by atoms with Gasteiger partial charge in [-0.3, -0.25) is 9.47 Å². The summed E-state index contributed by atoms with van der Waals surface area (Å²) in [6, 6.07) is 10.8. The van der Waals surface area contributed by atoms with Crippen LogP contribution in [0.25, 0.3) is 0 Å². The van der Waals surface area contributed by atoms with Crippen molar-refractivity contribution in [3.63, 3.8) is 0 Å². The van der Waals surface area contributed by atoms with Crippen LogP contribution in [-0.4, -0.2) is 25.0 Å². The molecule has 0 atom stereocenters. The summed E-state index contributed by atoms with van der Waals surface area (Å²) in [5.74, 6) is 0.447. The van der Waals surface area contributed by atoms with Crippen LogP contribution in [0.4, 0.5) is 5.69 Å². The number of rotatable bonds is 4. The highest BCUT2D eigenvalue weighted by atomic mass is 35.5. The van der Waals surface area contributed by atoms with Crippen molar-refractivity contribution >= 4 is 35.4 Å². The Bertz CT molecular complexity index is 897. The van der Waals surface area contributed by atoms with E-state index in [4.69, 9.17) is 23.8 Å². The molecule has 3 aromatic rings. The number of halogens is 1. The van der Waals surface area contributed by atoms with E-state index in [0.29, 0.717) is 21.3 Å². The lowest BCUT2D eigenvalue weighted by Crippen LogP contribution is -2.20. The van der Waals surface area contributed by atoms with Gasteiger partial charge in [0.25, 0.3) is 0 Å². The van der Waals surface area contributed by atoms with E-state index in [-0.39, 0.29) is 12.5 Å². The molecular formula is C15H14ClN5OS. The molecule has 2 aromatic heterocycles. The standard InChI is InChI=1S/C15H14ClN5OS/c1-11-18-20(15(23)21(11)19-8-4-5-9-19)10-14(22)17-13-7-3-2-6-12(13)16/h2-9H,10H2,1H3,(H,17,22). The molecule has 1 N–H and O–H groups in total. The number of nitrogens with one attached hydrogen (secondary N) is 1. The third-order valence-electron chi connectivity index (χ3n) is 3.23. The molecule has 1 amide bonds. The Hall–Kier alpha value is -2.38. The fraction of sp³-hybridized carbons (Fsp3) is 0.133. The second-order valence-electron chi connectivity index (χ2n) is 4.89. The van der Waals surface area contributed by atoms with Crippen molar-refractivity contribution in [2.75, 3.05) is 5.32 Å². The highest BCUT2D eigenvalue weighted by molar-refractivity contribution is 7.71. The van der Waals surface area contributed by atoms with Crippen molar-refractivity contribution < 1.29 is 4.79 Å². The van der Waals surface area contributed by atoms with E-state index < -0.39 is 0 Å². The number of aromatic nitrogens is 4. The first kappa shape index (κ1) is 15.5. The quantitative estimate of drug-likeness (QED) is 0.738. The Morgan fingerprint density at radius 2 is 1.96 bits per heavy atom. The number of anilines is 1. The van der Waals surface area contributed by atoms with Gasteiger partial charge < -0.3 is 5.32 Å². The number of benzene rings is 1. The van der Waals surface area contributed by atoms with E-state index in [9.17, 15) is 4.79 Å². The Morgan fingerprint density at radius 3 is 2.65 bits per heavy atom. The van der Waals surface area contributed by atoms with Gasteiger partial charge in [-0.15, -0.1) is 0 Å². The first-order valence-electron chi connectivity index (χ1n) is 6.91. The number of carbonyl (C=O) groups excluding carboxylic acids is 1. The highest BCUT2D eigenvalue weighted by Gasteiger charge is 2.12. The minimum absolute atomic E-state index is 0.0131. The van der Waals surface area contributed by atoms with Crippen LogP contribution in [0, 0.1) is 11.7 Å². The average Bonchev–Trinajstić information content (AvgIpc) is 3.11. The summed E-state index contributed by atoms with van der Waals surface area (Å²) < 4.78 is 5.48. The highest BCUT2D eigenvalue weighted by Crippen LogP contribution is 2.20. The third-order valence-corrected chi connectivity index (χ3v) is 3.95. The lowest BCUT2D eigenvalue weighted by atomic mass is 10.3. The van der Waals surface area contributed by atoms with Gasteiger partial charge in [-0.05, 0) is 43.4 Å². The smallest absolute Gasteiger partial charge is 0.246 e. The topological polar surface area (TPSA) is 56.8 Å². The molecule has 0 saturated heterocycles. The van der Waals surface area contributed by atoms with Gasteiger partial charge in [0.05, 0.1) is 10.7 Å². The summed E-state index contributed by atoms with van der Waals surface area (Å²) in [6.45, 7) is 1.84. The van der Waals surface area contributed by atoms with E-state index in [1.807, 2.05) is 36.1 Å². The van der Waals surface area contributed by atoms with E-state index in [1.54, 1.807) is 28.9 Å². The molecule has 1 aromatic carbocycles. The van der Waals surface area contributed by atoms with Crippen LogP contribution in [0.5, 0.6) is 0 Å². The van der Waals surface area contributed by atoms with E-state index in [2.05, 4.69) is 10.4 Å². The van der Waals surface area contributed by atoms with Gasteiger partial charge >= 0.3 is 0 Å². The molecule has 3 rings (SSSR count). The molecule has 0 fully saturated rings. The Morgan fingerprint density at radius 1 is 1.26 bits per heavy atom. The summed E-state index contributed by atoms with van der Waals surface area (Å²) in [5.41, 5.74) is 0.562. The Kier molecular flexibility index (Phi) is 4.31. The number of hydrogen-bond donors (Lipinski definition) is 1. The van der Waals surface area contributed by atoms with Crippen molar-refractivity contribution in [3.8, 4) is 0 Å². The number of para-hydroxylation sites is 1. The molecule has 0 bridgehead atoms. The number of carbonyl (C=O) groups is 1. The maximum absolute atomic E-state index is 12.2. The van der Waals surface area contributed by atoms with Gasteiger partial charge in [0.1, 0.15) is 12.4 Å². The Labute approximate surface area is 142 Å². The minimum atomic E-state index is -0.244. The monoisotopic (exact) mass is 347 g/mol. The van der Waals surface area contributed by atoms with Gasteiger partial charge in [0.2, 0.25) is 10.7 Å². The minimum Gasteiger partial charge on any atom is -0.323 e. The first-order chi connectivity index (χ1) is 11.1. The molecule has 6 nitrogen and oxygen atoms in total. The zero-order valence-electron chi connectivity index (χ0n) is 12.3. The molecule has 0 aliphatic heterocycles. The van der Waals surface area contributed by atoms with Gasteiger partial charge in [0.15, 0.2) is 0 Å². The maximum Gasteiger partial charge on any atom is 0.246 e. The molecule has 0 aliphatic carbocycles. The normalized spacial score (nSPS) is 10.7. The zero-order valence-corrected chi connectivity index (χ0v) is 13.9. The number of aryl methyl sites for hydroxylation is 1. The number of nitrogens with zero attached hydrogens (tertiary/aromatic N) is 4. The summed E-state index contributed by atoms with van der Waals surface area (Å²) in [5, 5.41) is 7.57. The lowest BCUT2D eigenvalue weighted by molar-refractivity contribution is -0.116. The predicted octanol–water partition coefficient (Wildman–Crippen LogP) is 3.13. The molecule has 0 unspecified atom stereocenters. The molecule has 23 heavy (non-hydrogen) atoms. The number of hydrogen-bond acceptors (Lipinski definition) is 3. The molecule has 0 spiro atoms. The molecule has 2 heterocycles. The first-order valence-corrected chi connectivity index (χ1v) is 7.69. The number of amides is 1. The molecule has 0 radical (unpaired) electrons. The maximum atomic E-state index is 12.2. The van der Waals surface area contributed by atoms with Crippen LogP contribution < -0.4 is 5.32 Å². The third kappa shape index (κ3) is 3.20. The molecule has 0 saturated carbocycles. The summed E-state index contributed by atoms with van der Waals surface area (Å²) in [4.78, 5) is 12.2. The Balaban J connectivity index is 1.81. The van der Waals surface area contributed by atoms with E-state index in [1.165, 1.54) is 4.68 Å². The molecule has 118 valence electrons. The van der Waals surface area contributed by atoms with Gasteiger partial charge in [0, 0.05) is 12.4 Å². The second kappa shape index (κ2) is 6.39. The van der Waals surface area contributed by atoms with Gasteiger partial charge in [-0.1, -0.05) is 23.7 Å². The van der Waals surface area contributed by atoms with Gasteiger partial charge in [-0.25, -0.2) is 9.36 Å². The molecular weight excluding hydrogens is 334 g/mol. The van der Waals surface area contributed by atoms with Crippen molar-refractivity contribution in [1.82, 2.24) is 19.1 Å². The van der Waals surface area contributed by atoms with Crippen LogP contribution in [-0.2, 0) is 11.3 Å². The zero-order chi connectivity index (χ0) is 16.4. The summed E-state index contributed by atoms with van der Waals surface area (Å²) in [7, 11) is 0. The largest absolute Gasteiger partial charge is 0.323 e. The van der Waals surface area contributed by atoms with Crippen LogP contribution in [0.1, 0.15) is 5.82 Å². The fourth-order valence-electron chi connectivity index (χ4n) is 2.22. The van der Waals surface area contributed by atoms with Gasteiger partial charge in [-0.2, -0.15) is 5.10 Å². The SMILES string of the molecule is Cc1nn(CC(=O)Nc2ccccc2Cl)c(=S)n1-n1cccc1. The fourth-order valence-corrected chi connectivity index (χ4v) is 2.74. The average molecular weight is 348 g/mol. The molecule has 0 aliphatic rings. The van der Waals surface area contributed by atoms with Crippen molar-refractivity contribution in [2.45, 2.75) is 13.5 Å². The van der Waals surface area contributed by atoms with Crippen LogP contribution in [0.3, 0.4) is 0 Å². The van der Waals surface area contributed by atoms with Crippen LogP contribution >= 0.6 is 23.8 Å².